The summed E-state index contributed by atoms with van der Waals surface area (Å²) < 4.78 is 2.14. The summed E-state index contributed by atoms with van der Waals surface area (Å²) in [5.74, 6) is -0.234. The highest BCUT2D eigenvalue weighted by atomic mass is 35.5. The predicted octanol–water partition coefficient (Wildman–Crippen LogP) is 4.72. The number of halogens is 2. The van der Waals surface area contributed by atoms with Crippen molar-refractivity contribution in [3.8, 4) is 0 Å². The Morgan fingerprint density at radius 3 is 2.70 bits per heavy atom. The summed E-state index contributed by atoms with van der Waals surface area (Å²) in [5, 5.41) is 4.92. The maximum absolute atomic E-state index is 12.3. The third-order valence-electron chi connectivity index (χ3n) is 3.97. The van der Waals surface area contributed by atoms with Crippen molar-refractivity contribution in [2.24, 2.45) is 7.05 Å². The number of nitrogens with one attached hydrogen (secondary N) is 1. The Balaban J connectivity index is 1.77. The first-order valence-corrected chi connectivity index (χ1v) is 7.99. The molecule has 0 fully saturated rings. The van der Waals surface area contributed by atoms with Crippen LogP contribution >= 0.6 is 23.2 Å². The van der Waals surface area contributed by atoms with E-state index in [1.807, 2.05) is 13.1 Å². The van der Waals surface area contributed by atoms with E-state index < -0.39 is 0 Å². The zero-order valence-electron chi connectivity index (χ0n) is 12.9. The first-order valence-electron chi connectivity index (χ1n) is 7.24. The van der Waals surface area contributed by atoms with Crippen molar-refractivity contribution in [2.45, 2.75) is 13.5 Å². The molecule has 0 atom stereocenters. The molecule has 3 aromatic rings. The minimum atomic E-state index is -0.234. The number of aromatic nitrogens is 1. The minimum Gasteiger partial charge on any atom is -0.348 e. The topological polar surface area (TPSA) is 34.0 Å². The molecule has 3 rings (SSSR count). The Labute approximate surface area is 144 Å². The van der Waals surface area contributed by atoms with Crippen molar-refractivity contribution in [3.05, 3.63) is 69.3 Å². The Kier molecular flexibility index (Phi) is 4.33. The fourth-order valence-electron chi connectivity index (χ4n) is 2.60. The van der Waals surface area contributed by atoms with Crippen molar-refractivity contribution in [1.82, 2.24) is 9.88 Å². The monoisotopic (exact) mass is 346 g/mol. The van der Waals surface area contributed by atoms with Gasteiger partial charge in [0.1, 0.15) is 0 Å². The number of fused-ring (bicyclic) bond motifs is 1. The molecule has 23 heavy (non-hydrogen) atoms. The van der Waals surface area contributed by atoms with Gasteiger partial charge in [-0.05, 0) is 48.9 Å². The highest BCUT2D eigenvalue weighted by molar-refractivity contribution is 6.35. The summed E-state index contributed by atoms with van der Waals surface area (Å²) in [6.45, 7) is 2.51. The number of benzene rings is 2. The van der Waals surface area contributed by atoms with Crippen LogP contribution in [0.3, 0.4) is 0 Å². The number of hydrogen-bond donors (Lipinski definition) is 1. The normalized spacial score (nSPS) is 11.0. The smallest absolute Gasteiger partial charge is 0.253 e. The van der Waals surface area contributed by atoms with Crippen molar-refractivity contribution in [3.63, 3.8) is 0 Å². The van der Waals surface area contributed by atoms with Crippen molar-refractivity contribution < 1.29 is 4.79 Å². The zero-order valence-corrected chi connectivity index (χ0v) is 14.4. The fourth-order valence-corrected chi connectivity index (χ4v) is 2.97. The molecular formula is C18H16Cl2N2O. The van der Waals surface area contributed by atoms with Crippen molar-refractivity contribution >= 4 is 40.0 Å². The largest absolute Gasteiger partial charge is 0.348 e. The lowest BCUT2D eigenvalue weighted by Gasteiger charge is -2.08. The van der Waals surface area contributed by atoms with E-state index in [1.54, 1.807) is 18.2 Å². The second-order valence-electron chi connectivity index (χ2n) is 5.54. The third-order valence-corrected chi connectivity index (χ3v) is 4.54. The molecular weight excluding hydrogens is 331 g/mol. The molecule has 0 bridgehead atoms. The first kappa shape index (κ1) is 15.9. The molecule has 0 aliphatic carbocycles. The summed E-state index contributed by atoms with van der Waals surface area (Å²) in [6.07, 6.45) is 0. The van der Waals surface area contributed by atoms with Crippen molar-refractivity contribution in [2.75, 3.05) is 0 Å². The van der Waals surface area contributed by atoms with Crippen LogP contribution in [0.1, 0.15) is 21.6 Å². The predicted molar refractivity (Wildman–Crippen MR) is 95.3 cm³/mol. The second-order valence-corrected chi connectivity index (χ2v) is 6.39. The number of hydrogen-bond acceptors (Lipinski definition) is 1. The Morgan fingerprint density at radius 2 is 1.91 bits per heavy atom. The van der Waals surface area contributed by atoms with Gasteiger partial charge in [-0.15, -0.1) is 0 Å². The van der Waals surface area contributed by atoms with E-state index in [-0.39, 0.29) is 5.91 Å². The zero-order chi connectivity index (χ0) is 16.6. The van der Waals surface area contributed by atoms with Gasteiger partial charge >= 0.3 is 0 Å². The van der Waals surface area contributed by atoms with E-state index in [2.05, 4.69) is 35.0 Å². The lowest BCUT2D eigenvalue weighted by atomic mass is 10.1. The molecule has 0 saturated heterocycles. The Hall–Kier alpha value is -1.97. The number of rotatable bonds is 3. The van der Waals surface area contributed by atoms with Gasteiger partial charge in [-0.1, -0.05) is 29.3 Å². The number of carbonyl (C=O) groups excluding carboxylic acids is 1. The van der Waals surface area contributed by atoms with E-state index >= 15 is 0 Å². The molecule has 0 aliphatic rings. The van der Waals surface area contributed by atoms with Gasteiger partial charge in [0.25, 0.3) is 5.91 Å². The summed E-state index contributed by atoms with van der Waals surface area (Å²) in [4.78, 5) is 12.3. The van der Waals surface area contributed by atoms with Crippen LogP contribution in [0.4, 0.5) is 0 Å². The molecule has 0 saturated carbocycles. The summed E-state index contributed by atoms with van der Waals surface area (Å²) in [5.41, 5.74) is 3.80. The highest BCUT2D eigenvalue weighted by Gasteiger charge is 2.11. The van der Waals surface area contributed by atoms with E-state index in [0.717, 1.165) is 10.9 Å². The van der Waals surface area contributed by atoms with Crippen LogP contribution in [0.5, 0.6) is 0 Å². The minimum absolute atomic E-state index is 0.234. The van der Waals surface area contributed by atoms with E-state index in [9.17, 15) is 4.79 Å². The highest BCUT2D eigenvalue weighted by Crippen LogP contribution is 2.22. The molecule has 0 aliphatic heterocycles. The van der Waals surface area contributed by atoms with Gasteiger partial charge in [-0.2, -0.15) is 0 Å². The molecule has 1 amide bonds. The summed E-state index contributed by atoms with van der Waals surface area (Å²) in [6, 6.07) is 13.2. The second kappa shape index (κ2) is 6.26. The van der Waals surface area contributed by atoms with Gasteiger partial charge in [0.05, 0.1) is 10.6 Å². The van der Waals surface area contributed by atoms with Gasteiger partial charge in [0.2, 0.25) is 0 Å². The molecule has 5 heteroatoms. The van der Waals surface area contributed by atoms with Gasteiger partial charge in [-0.3, -0.25) is 4.79 Å². The Morgan fingerprint density at radius 1 is 1.13 bits per heavy atom. The van der Waals surface area contributed by atoms with Crippen LogP contribution < -0.4 is 5.32 Å². The van der Waals surface area contributed by atoms with Crippen LogP contribution in [0.15, 0.2) is 42.5 Å². The third kappa shape index (κ3) is 3.21. The van der Waals surface area contributed by atoms with Gasteiger partial charge < -0.3 is 9.88 Å². The molecule has 118 valence electrons. The van der Waals surface area contributed by atoms with Gasteiger partial charge in [0.15, 0.2) is 0 Å². The van der Waals surface area contributed by atoms with Gasteiger partial charge in [0, 0.05) is 35.2 Å². The average molecular weight is 347 g/mol. The van der Waals surface area contributed by atoms with Crippen LogP contribution in [0, 0.1) is 6.92 Å². The van der Waals surface area contributed by atoms with Crippen LogP contribution in [-0.2, 0) is 13.6 Å². The SMILES string of the molecule is Cc1cc2cc(CNC(=O)c3cc(Cl)ccc3Cl)ccc2n1C. The molecule has 2 aromatic carbocycles. The van der Waals surface area contributed by atoms with E-state index in [0.29, 0.717) is 22.2 Å². The molecule has 3 nitrogen and oxygen atoms in total. The number of amides is 1. The summed E-state index contributed by atoms with van der Waals surface area (Å²) in [7, 11) is 2.04. The molecule has 0 radical (unpaired) electrons. The quantitative estimate of drug-likeness (QED) is 0.731. The van der Waals surface area contributed by atoms with E-state index in [1.165, 1.54) is 11.2 Å². The number of aryl methyl sites for hydroxylation is 2. The molecule has 1 N–H and O–H groups in total. The molecule has 1 heterocycles. The average Bonchev–Trinajstić information content (AvgIpc) is 2.81. The summed E-state index contributed by atoms with van der Waals surface area (Å²) >= 11 is 12.0. The Bertz CT molecular complexity index is 899. The fraction of sp³-hybridized carbons (Fsp3) is 0.167. The van der Waals surface area contributed by atoms with E-state index in [4.69, 9.17) is 23.2 Å². The van der Waals surface area contributed by atoms with Crippen LogP contribution in [0.2, 0.25) is 10.0 Å². The lowest BCUT2D eigenvalue weighted by molar-refractivity contribution is 0.0951. The van der Waals surface area contributed by atoms with Crippen molar-refractivity contribution in [1.29, 1.82) is 0 Å². The maximum Gasteiger partial charge on any atom is 0.253 e. The standard InChI is InChI=1S/C18H16Cl2N2O/c1-11-7-13-8-12(3-6-17(13)22(11)2)10-21-18(23)15-9-14(19)4-5-16(15)20/h3-9H,10H2,1-2H3,(H,21,23). The number of nitrogens with zero attached hydrogens (tertiary/aromatic N) is 1. The molecule has 0 spiro atoms. The first-order chi connectivity index (χ1) is 11.0. The van der Waals surface area contributed by atoms with Gasteiger partial charge in [-0.25, -0.2) is 0 Å². The number of carbonyl (C=O) groups is 1. The van der Waals surface area contributed by atoms with Crippen LogP contribution in [-0.4, -0.2) is 10.5 Å². The molecule has 1 aromatic heterocycles. The maximum atomic E-state index is 12.3. The molecule has 0 unspecified atom stereocenters. The van der Waals surface area contributed by atoms with Crippen LogP contribution in [0.25, 0.3) is 10.9 Å². The lowest BCUT2D eigenvalue weighted by Crippen LogP contribution is -2.23.